The number of hydrogen-bond donors (Lipinski definition) is 2. The van der Waals surface area contributed by atoms with Crippen LogP contribution in [0.1, 0.15) is 5.56 Å². The largest absolute Gasteiger partial charge is 0.326 e. The first kappa shape index (κ1) is 16.2. The molecule has 0 spiro atoms. The summed E-state index contributed by atoms with van der Waals surface area (Å²) in [6.45, 7) is -0.0206. The van der Waals surface area contributed by atoms with Crippen LogP contribution in [-0.2, 0) is 16.6 Å². The molecular formula is C13H11BrClFN2O2S. The minimum atomic E-state index is -3.98. The Morgan fingerprint density at radius 1 is 1.24 bits per heavy atom. The Morgan fingerprint density at radius 2 is 1.95 bits per heavy atom. The fraction of sp³-hybridized carbons (Fsp3) is 0.0769. The highest BCUT2D eigenvalue weighted by Crippen LogP contribution is 2.29. The van der Waals surface area contributed by atoms with Crippen molar-refractivity contribution in [3.05, 3.63) is 57.3 Å². The third-order valence-corrected chi connectivity index (χ3v) is 5.09. The molecule has 0 atom stereocenters. The lowest BCUT2D eigenvalue weighted by molar-refractivity contribution is 0.593. The maximum absolute atomic E-state index is 13.3. The number of nitrogens with one attached hydrogen (secondary N) is 1. The van der Waals surface area contributed by atoms with Crippen molar-refractivity contribution in [3.8, 4) is 0 Å². The van der Waals surface area contributed by atoms with E-state index < -0.39 is 15.8 Å². The average Bonchev–Trinajstić information content (AvgIpc) is 2.42. The minimum Gasteiger partial charge on any atom is -0.326 e. The molecule has 112 valence electrons. The summed E-state index contributed by atoms with van der Waals surface area (Å²) in [5.41, 5.74) is 6.08. The Labute approximate surface area is 135 Å². The van der Waals surface area contributed by atoms with Crippen LogP contribution in [0.15, 0.2) is 45.8 Å². The molecule has 21 heavy (non-hydrogen) atoms. The fourth-order valence-corrected chi connectivity index (χ4v) is 3.70. The molecule has 0 saturated carbocycles. The van der Waals surface area contributed by atoms with E-state index >= 15 is 0 Å². The topological polar surface area (TPSA) is 72.2 Å². The molecule has 0 aromatic heterocycles. The number of anilines is 1. The van der Waals surface area contributed by atoms with Gasteiger partial charge in [0.1, 0.15) is 5.82 Å². The fourth-order valence-electron chi connectivity index (χ4n) is 1.72. The molecule has 0 aliphatic carbocycles. The average molecular weight is 394 g/mol. The lowest BCUT2D eigenvalue weighted by atomic mass is 10.2. The van der Waals surface area contributed by atoms with Gasteiger partial charge in [0.15, 0.2) is 0 Å². The third kappa shape index (κ3) is 3.74. The number of benzene rings is 2. The number of nitrogens with two attached hydrogens (primary N) is 1. The molecule has 0 bridgehead atoms. The van der Waals surface area contributed by atoms with Crippen molar-refractivity contribution in [2.45, 2.75) is 11.4 Å². The SMILES string of the molecule is NCc1ccc(F)cc1S(=O)(=O)Nc1cc(Cl)ccc1Br. The number of sulfonamides is 1. The highest BCUT2D eigenvalue weighted by Gasteiger charge is 2.20. The molecule has 0 aliphatic rings. The standard InChI is InChI=1S/C13H11BrClFN2O2S/c14-11-4-2-9(15)5-12(11)18-21(19,20)13-6-10(16)3-1-8(13)7-17/h1-6,18H,7,17H2. The van der Waals surface area contributed by atoms with Gasteiger partial charge in [-0.25, -0.2) is 12.8 Å². The summed E-state index contributed by atoms with van der Waals surface area (Å²) >= 11 is 9.06. The third-order valence-electron chi connectivity index (χ3n) is 2.71. The summed E-state index contributed by atoms with van der Waals surface area (Å²) in [6.07, 6.45) is 0. The van der Waals surface area contributed by atoms with Crippen LogP contribution < -0.4 is 10.5 Å². The summed E-state index contributed by atoms with van der Waals surface area (Å²) in [5, 5.41) is 0.370. The molecule has 0 saturated heterocycles. The van der Waals surface area contributed by atoms with Crippen molar-refractivity contribution in [3.63, 3.8) is 0 Å². The monoisotopic (exact) mass is 392 g/mol. The molecule has 0 aliphatic heterocycles. The van der Waals surface area contributed by atoms with Crippen LogP contribution in [0.2, 0.25) is 5.02 Å². The summed E-state index contributed by atoms with van der Waals surface area (Å²) in [7, 11) is -3.98. The van der Waals surface area contributed by atoms with E-state index in [1.165, 1.54) is 12.1 Å². The highest BCUT2D eigenvalue weighted by atomic mass is 79.9. The van der Waals surface area contributed by atoms with E-state index in [1.54, 1.807) is 12.1 Å². The summed E-state index contributed by atoms with van der Waals surface area (Å²) in [6, 6.07) is 8.10. The second kappa shape index (κ2) is 6.31. The van der Waals surface area contributed by atoms with Crippen molar-refractivity contribution in [1.82, 2.24) is 0 Å². The smallest absolute Gasteiger partial charge is 0.262 e. The molecule has 0 fully saturated rings. The molecule has 2 aromatic rings. The van der Waals surface area contributed by atoms with Gasteiger partial charge in [0, 0.05) is 16.0 Å². The van der Waals surface area contributed by atoms with Gasteiger partial charge in [-0.2, -0.15) is 0 Å². The first-order valence-electron chi connectivity index (χ1n) is 5.80. The van der Waals surface area contributed by atoms with Crippen LogP contribution in [-0.4, -0.2) is 8.42 Å². The van der Waals surface area contributed by atoms with Gasteiger partial charge in [0.05, 0.1) is 10.6 Å². The van der Waals surface area contributed by atoms with Gasteiger partial charge in [-0.1, -0.05) is 17.7 Å². The molecule has 8 heteroatoms. The predicted octanol–water partition coefficient (Wildman–Crippen LogP) is 3.50. The Balaban J connectivity index is 2.48. The second-order valence-electron chi connectivity index (χ2n) is 4.19. The van der Waals surface area contributed by atoms with E-state index in [0.717, 1.165) is 12.1 Å². The van der Waals surface area contributed by atoms with E-state index in [-0.39, 0.29) is 17.1 Å². The van der Waals surface area contributed by atoms with Crippen LogP contribution in [0, 0.1) is 5.82 Å². The maximum Gasteiger partial charge on any atom is 0.262 e. The normalized spacial score (nSPS) is 11.4. The van der Waals surface area contributed by atoms with Crippen LogP contribution in [0.4, 0.5) is 10.1 Å². The van der Waals surface area contributed by atoms with E-state index in [2.05, 4.69) is 20.7 Å². The van der Waals surface area contributed by atoms with E-state index in [4.69, 9.17) is 17.3 Å². The summed E-state index contributed by atoms with van der Waals surface area (Å²) < 4.78 is 41.0. The molecule has 4 nitrogen and oxygen atoms in total. The van der Waals surface area contributed by atoms with Crippen molar-refractivity contribution in [2.24, 2.45) is 5.73 Å². The lowest BCUT2D eigenvalue weighted by Gasteiger charge is -2.13. The molecule has 0 heterocycles. The Bertz CT molecular complexity index is 784. The summed E-state index contributed by atoms with van der Waals surface area (Å²) in [5.74, 6) is -0.655. The van der Waals surface area contributed by atoms with Crippen molar-refractivity contribution in [1.29, 1.82) is 0 Å². The van der Waals surface area contributed by atoms with Crippen LogP contribution >= 0.6 is 27.5 Å². The van der Waals surface area contributed by atoms with Crippen molar-refractivity contribution in [2.75, 3.05) is 4.72 Å². The highest BCUT2D eigenvalue weighted by molar-refractivity contribution is 9.10. The van der Waals surface area contributed by atoms with Crippen LogP contribution in [0.25, 0.3) is 0 Å². The van der Waals surface area contributed by atoms with E-state index in [0.29, 0.717) is 15.1 Å². The number of rotatable bonds is 4. The van der Waals surface area contributed by atoms with Gasteiger partial charge < -0.3 is 5.73 Å². The van der Waals surface area contributed by atoms with Gasteiger partial charge in [0.2, 0.25) is 0 Å². The van der Waals surface area contributed by atoms with Crippen molar-refractivity contribution < 1.29 is 12.8 Å². The zero-order chi connectivity index (χ0) is 15.6. The molecule has 3 N–H and O–H groups in total. The first-order valence-corrected chi connectivity index (χ1v) is 8.45. The van der Waals surface area contributed by atoms with Gasteiger partial charge in [-0.05, 0) is 51.8 Å². The maximum atomic E-state index is 13.3. The molecule has 0 amide bonds. The predicted molar refractivity (Wildman–Crippen MR) is 84.3 cm³/mol. The molecule has 0 radical (unpaired) electrons. The van der Waals surface area contributed by atoms with E-state index in [9.17, 15) is 12.8 Å². The Hall–Kier alpha value is -1.15. The zero-order valence-electron chi connectivity index (χ0n) is 10.6. The zero-order valence-corrected chi connectivity index (χ0v) is 13.8. The molecule has 2 aromatic carbocycles. The van der Waals surface area contributed by atoms with Crippen LogP contribution in [0.5, 0.6) is 0 Å². The minimum absolute atomic E-state index is 0.0206. The van der Waals surface area contributed by atoms with E-state index in [1.807, 2.05) is 0 Å². The lowest BCUT2D eigenvalue weighted by Crippen LogP contribution is -2.17. The molecule has 2 rings (SSSR count). The van der Waals surface area contributed by atoms with Gasteiger partial charge >= 0.3 is 0 Å². The molecule has 0 unspecified atom stereocenters. The van der Waals surface area contributed by atoms with Gasteiger partial charge in [0.25, 0.3) is 10.0 Å². The molecular weight excluding hydrogens is 383 g/mol. The number of halogens is 3. The van der Waals surface area contributed by atoms with Gasteiger partial charge in [-0.3, -0.25) is 4.72 Å². The first-order chi connectivity index (χ1) is 9.83. The number of hydrogen-bond acceptors (Lipinski definition) is 3. The Kier molecular flexibility index (Phi) is 4.88. The quantitative estimate of drug-likeness (QED) is 0.835. The van der Waals surface area contributed by atoms with Crippen molar-refractivity contribution >= 4 is 43.2 Å². The second-order valence-corrected chi connectivity index (χ2v) is 7.13. The summed E-state index contributed by atoms with van der Waals surface area (Å²) in [4.78, 5) is -0.197. The van der Waals surface area contributed by atoms with Crippen LogP contribution in [0.3, 0.4) is 0 Å². The Morgan fingerprint density at radius 3 is 2.62 bits per heavy atom. The van der Waals surface area contributed by atoms with Gasteiger partial charge in [-0.15, -0.1) is 0 Å².